The zero-order valence-electron chi connectivity index (χ0n) is 18.4. The normalized spacial score (nSPS) is 21.8. The minimum atomic E-state index is -1.43. The van der Waals surface area contributed by atoms with Crippen molar-refractivity contribution in [2.24, 2.45) is 0 Å². The summed E-state index contributed by atoms with van der Waals surface area (Å²) in [6, 6.07) is 7.25. The predicted molar refractivity (Wildman–Crippen MR) is 125 cm³/mol. The van der Waals surface area contributed by atoms with Crippen LogP contribution < -0.4 is 10.6 Å². The fraction of sp³-hybridized carbons (Fsp3) is 0.273. The lowest BCUT2D eigenvalue weighted by molar-refractivity contribution is -0.137. The van der Waals surface area contributed by atoms with Crippen molar-refractivity contribution in [3.8, 4) is 11.4 Å². The summed E-state index contributed by atoms with van der Waals surface area (Å²) in [5.74, 6) is 0.153. The van der Waals surface area contributed by atoms with Crippen LogP contribution in [0.25, 0.3) is 22.6 Å². The Bertz CT molecular complexity index is 1370. The van der Waals surface area contributed by atoms with Crippen LogP contribution in [0.1, 0.15) is 11.9 Å². The summed E-state index contributed by atoms with van der Waals surface area (Å²) in [5.41, 5.74) is 2.06. The van der Waals surface area contributed by atoms with Crippen LogP contribution in [0.2, 0.25) is 5.02 Å². The highest BCUT2D eigenvalue weighted by Gasteiger charge is 2.47. The lowest BCUT2D eigenvalue weighted by Crippen LogP contribution is -2.41. The summed E-state index contributed by atoms with van der Waals surface area (Å²) < 4.78 is 7.17. The number of nitrogens with one attached hydrogen (secondary N) is 2. The van der Waals surface area contributed by atoms with Crippen molar-refractivity contribution < 1.29 is 19.7 Å². The number of likely N-dealkylation sites (N-methyl/N-ethyl adjacent to an activating group) is 1. The minimum Gasteiger partial charge on any atom is -0.387 e. The third kappa shape index (κ3) is 4.39. The largest absolute Gasteiger partial charge is 0.387 e. The van der Waals surface area contributed by atoms with E-state index in [0.717, 1.165) is 5.69 Å². The van der Waals surface area contributed by atoms with Crippen LogP contribution >= 0.6 is 11.6 Å². The summed E-state index contributed by atoms with van der Waals surface area (Å²) >= 11 is 6.12. The van der Waals surface area contributed by atoms with E-state index in [1.807, 2.05) is 18.2 Å². The molecular weight excluding hydrogens is 476 g/mol. The van der Waals surface area contributed by atoms with Crippen molar-refractivity contribution in [2.45, 2.75) is 31.1 Å². The summed E-state index contributed by atoms with van der Waals surface area (Å²) in [4.78, 5) is 34.2. The van der Waals surface area contributed by atoms with Crippen LogP contribution in [0.15, 0.2) is 49.2 Å². The number of aromatic nitrogens is 6. The molecular formula is C22H21ClN8O4. The first-order chi connectivity index (χ1) is 17.0. The van der Waals surface area contributed by atoms with E-state index in [1.165, 1.54) is 24.1 Å². The van der Waals surface area contributed by atoms with Crippen molar-refractivity contribution in [3.63, 3.8) is 0 Å². The van der Waals surface area contributed by atoms with Crippen molar-refractivity contribution in [3.05, 3.63) is 59.9 Å². The molecule has 4 N–H and O–H groups in total. The van der Waals surface area contributed by atoms with Crippen molar-refractivity contribution >= 4 is 34.5 Å². The number of fused-ring (bicyclic) bond motifs is 1. The van der Waals surface area contributed by atoms with Crippen molar-refractivity contribution in [1.82, 2.24) is 34.8 Å². The SMILES string of the molecule is CNC(=O)C1OC(n2cnc3c(NCc4ccccn4)nc(-c4cncc(Cl)c4)nc32)C(O)C1O. The highest BCUT2D eigenvalue weighted by Crippen LogP contribution is 2.33. The van der Waals surface area contributed by atoms with Crippen LogP contribution in [0, 0.1) is 0 Å². The standard InChI is InChI=1S/C22H21ClN8O4/c1-24-21(34)17-15(32)16(33)22(35-17)31-10-28-14-19(27-9-13-4-2-3-5-26-13)29-18(30-20(14)31)11-6-12(23)8-25-7-11/h2-8,10,15-17,22,32-33H,9H2,1H3,(H,24,34)(H,27,29,30). The lowest BCUT2D eigenvalue weighted by atomic mass is 10.1. The Hall–Kier alpha value is -3.71. The third-order valence-electron chi connectivity index (χ3n) is 5.56. The molecule has 0 aliphatic carbocycles. The average Bonchev–Trinajstić information content (AvgIpc) is 3.43. The van der Waals surface area contributed by atoms with Gasteiger partial charge in [0.1, 0.15) is 12.2 Å². The lowest BCUT2D eigenvalue weighted by Gasteiger charge is -2.17. The maximum Gasteiger partial charge on any atom is 0.251 e. The quantitative estimate of drug-likeness (QED) is 0.302. The molecule has 35 heavy (non-hydrogen) atoms. The number of nitrogens with zero attached hydrogens (tertiary/aromatic N) is 6. The van der Waals surface area contributed by atoms with Gasteiger partial charge in [0, 0.05) is 31.2 Å². The van der Waals surface area contributed by atoms with Crippen LogP contribution in [0.5, 0.6) is 0 Å². The molecule has 4 aromatic heterocycles. The summed E-state index contributed by atoms with van der Waals surface area (Å²) in [6.45, 7) is 0.368. The monoisotopic (exact) mass is 496 g/mol. The molecule has 13 heteroatoms. The van der Waals surface area contributed by atoms with Gasteiger partial charge in [0.05, 0.1) is 23.6 Å². The Morgan fingerprint density at radius 3 is 2.80 bits per heavy atom. The van der Waals surface area contributed by atoms with Gasteiger partial charge in [-0.15, -0.1) is 0 Å². The van der Waals surface area contributed by atoms with Gasteiger partial charge in [-0.1, -0.05) is 17.7 Å². The van der Waals surface area contributed by atoms with Gasteiger partial charge in [-0.25, -0.2) is 15.0 Å². The molecule has 1 aliphatic heterocycles. The number of anilines is 1. The van der Waals surface area contributed by atoms with Crippen LogP contribution in [-0.4, -0.2) is 71.0 Å². The highest BCUT2D eigenvalue weighted by molar-refractivity contribution is 6.30. The van der Waals surface area contributed by atoms with Gasteiger partial charge in [0.15, 0.2) is 35.1 Å². The van der Waals surface area contributed by atoms with Crippen LogP contribution in [-0.2, 0) is 16.1 Å². The van der Waals surface area contributed by atoms with Gasteiger partial charge in [-0.3, -0.25) is 19.3 Å². The molecule has 1 aliphatic rings. The molecule has 0 aromatic carbocycles. The third-order valence-corrected chi connectivity index (χ3v) is 5.77. The molecule has 180 valence electrons. The van der Waals surface area contributed by atoms with E-state index >= 15 is 0 Å². The minimum absolute atomic E-state index is 0.300. The highest BCUT2D eigenvalue weighted by atomic mass is 35.5. The number of imidazole rings is 1. The fourth-order valence-electron chi connectivity index (χ4n) is 3.81. The molecule has 4 unspecified atom stereocenters. The number of aliphatic hydroxyl groups excluding tert-OH is 2. The number of rotatable bonds is 6. The first-order valence-electron chi connectivity index (χ1n) is 10.7. The molecule has 0 bridgehead atoms. The van der Waals surface area contributed by atoms with E-state index in [-0.39, 0.29) is 0 Å². The summed E-state index contributed by atoms with van der Waals surface area (Å²) in [6.07, 6.45) is 0.983. The van der Waals surface area contributed by atoms with Crippen molar-refractivity contribution in [1.29, 1.82) is 0 Å². The molecule has 0 saturated carbocycles. The molecule has 1 saturated heterocycles. The molecule has 5 heterocycles. The van der Waals surface area contributed by atoms with Gasteiger partial charge in [-0.2, -0.15) is 0 Å². The molecule has 12 nitrogen and oxygen atoms in total. The number of halogens is 1. The first-order valence-corrected chi connectivity index (χ1v) is 11.1. The van der Waals surface area contributed by atoms with Gasteiger partial charge in [-0.05, 0) is 18.2 Å². The molecule has 4 aromatic rings. The number of hydrogen-bond donors (Lipinski definition) is 4. The van der Waals surface area contributed by atoms with E-state index in [4.69, 9.17) is 16.3 Å². The second kappa shape index (κ2) is 9.50. The Morgan fingerprint density at radius 2 is 2.06 bits per heavy atom. The van der Waals surface area contributed by atoms with Crippen LogP contribution in [0.4, 0.5) is 5.82 Å². The van der Waals surface area contributed by atoms with E-state index < -0.39 is 30.4 Å². The molecule has 1 amide bonds. The molecule has 4 atom stereocenters. The van der Waals surface area contributed by atoms with Gasteiger partial charge in [0.2, 0.25) is 0 Å². The predicted octanol–water partition coefficient (Wildman–Crippen LogP) is 0.914. The second-order valence-electron chi connectivity index (χ2n) is 7.83. The summed E-state index contributed by atoms with van der Waals surface area (Å²) in [5, 5.41) is 27.1. The number of carbonyl (C=O) groups is 1. The summed E-state index contributed by atoms with van der Waals surface area (Å²) in [7, 11) is 1.42. The van der Waals surface area contributed by atoms with Gasteiger partial charge >= 0.3 is 0 Å². The van der Waals surface area contributed by atoms with Gasteiger partial charge in [0.25, 0.3) is 5.91 Å². The average molecular weight is 497 g/mol. The Balaban J connectivity index is 1.58. The Morgan fingerprint density at radius 1 is 1.20 bits per heavy atom. The van der Waals surface area contributed by atoms with Crippen molar-refractivity contribution in [2.75, 3.05) is 12.4 Å². The fourth-order valence-corrected chi connectivity index (χ4v) is 3.99. The van der Waals surface area contributed by atoms with E-state index in [0.29, 0.717) is 39.9 Å². The van der Waals surface area contributed by atoms with E-state index in [9.17, 15) is 15.0 Å². The molecule has 5 rings (SSSR count). The second-order valence-corrected chi connectivity index (χ2v) is 8.27. The molecule has 0 radical (unpaired) electrons. The van der Waals surface area contributed by atoms with Crippen LogP contribution in [0.3, 0.4) is 0 Å². The Labute approximate surface area is 204 Å². The number of aliphatic hydroxyl groups is 2. The first kappa shape index (κ1) is 23.1. The molecule has 1 fully saturated rings. The van der Waals surface area contributed by atoms with E-state index in [2.05, 4.69) is 35.6 Å². The van der Waals surface area contributed by atoms with Gasteiger partial charge < -0.3 is 25.6 Å². The number of hydrogen-bond acceptors (Lipinski definition) is 10. The molecule has 0 spiro atoms. The maximum absolute atomic E-state index is 12.1. The smallest absolute Gasteiger partial charge is 0.251 e. The zero-order valence-corrected chi connectivity index (χ0v) is 19.2. The van der Waals surface area contributed by atoms with E-state index in [1.54, 1.807) is 18.5 Å². The maximum atomic E-state index is 12.1. The zero-order chi connectivity index (χ0) is 24.5. The topological polar surface area (TPSA) is 160 Å². The number of carbonyl (C=O) groups excluding carboxylic acids is 1. The number of ether oxygens (including phenoxy) is 1. The number of amides is 1. The number of pyridine rings is 2. The Kier molecular flexibility index (Phi) is 6.26.